The van der Waals surface area contributed by atoms with Crippen molar-refractivity contribution >= 4 is 38.2 Å². The van der Waals surface area contributed by atoms with Crippen molar-refractivity contribution in [3.63, 3.8) is 0 Å². The Morgan fingerprint density at radius 3 is 2.77 bits per heavy atom. The Labute approximate surface area is 185 Å². The Balaban J connectivity index is 1.76. The molecule has 0 spiro atoms. The number of fused-ring (bicyclic) bond motifs is 3. The molecule has 0 saturated carbocycles. The fourth-order valence-corrected chi connectivity index (χ4v) is 4.68. The lowest BCUT2D eigenvalue weighted by Gasteiger charge is -2.06. The molecule has 6 heteroatoms. The van der Waals surface area contributed by atoms with Crippen LogP contribution in [0.5, 0.6) is 5.75 Å². The first-order valence-electron chi connectivity index (χ1n) is 10.5. The topological polar surface area (TPSA) is 52.8 Å². The van der Waals surface area contributed by atoms with Crippen molar-refractivity contribution < 1.29 is 14.3 Å². The van der Waals surface area contributed by atoms with Crippen LogP contribution in [-0.4, -0.2) is 30.8 Å². The van der Waals surface area contributed by atoms with Crippen molar-refractivity contribution in [2.24, 2.45) is 4.99 Å². The first kappa shape index (κ1) is 21.3. The van der Waals surface area contributed by atoms with Gasteiger partial charge in [-0.2, -0.15) is 4.99 Å². The van der Waals surface area contributed by atoms with Crippen LogP contribution in [0.15, 0.2) is 65.7 Å². The number of ether oxygens (including phenoxy) is 2. The lowest BCUT2D eigenvalue weighted by Crippen LogP contribution is -2.19. The van der Waals surface area contributed by atoms with Crippen molar-refractivity contribution in [1.82, 2.24) is 4.57 Å². The Morgan fingerprint density at radius 1 is 1.06 bits per heavy atom. The van der Waals surface area contributed by atoms with Crippen LogP contribution in [0.4, 0.5) is 0 Å². The van der Waals surface area contributed by atoms with E-state index in [9.17, 15) is 4.79 Å². The van der Waals surface area contributed by atoms with Crippen molar-refractivity contribution in [1.29, 1.82) is 0 Å². The highest BCUT2D eigenvalue weighted by Crippen LogP contribution is 2.27. The van der Waals surface area contributed by atoms with E-state index in [-0.39, 0.29) is 5.91 Å². The SMILES string of the molecule is CCCCOc1cccc(C(=O)N=c2sc3c4ccccc4ccc3n2CCOC)c1. The molecule has 0 fully saturated rings. The molecule has 0 unspecified atom stereocenters. The van der Waals surface area contributed by atoms with Crippen LogP contribution in [0.1, 0.15) is 30.1 Å². The van der Waals surface area contributed by atoms with E-state index < -0.39 is 0 Å². The largest absolute Gasteiger partial charge is 0.494 e. The van der Waals surface area contributed by atoms with Gasteiger partial charge in [-0.15, -0.1) is 0 Å². The second-order valence-electron chi connectivity index (χ2n) is 7.31. The van der Waals surface area contributed by atoms with Crippen LogP contribution in [0.25, 0.3) is 21.0 Å². The summed E-state index contributed by atoms with van der Waals surface area (Å²) in [6.45, 7) is 3.93. The zero-order valence-electron chi connectivity index (χ0n) is 17.8. The van der Waals surface area contributed by atoms with E-state index in [2.05, 4.69) is 40.7 Å². The van der Waals surface area contributed by atoms with Crippen molar-refractivity contribution in [2.75, 3.05) is 20.3 Å². The lowest BCUT2D eigenvalue weighted by molar-refractivity contribution is 0.0997. The van der Waals surface area contributed by atoms with Gasteiger partial charge in [0.25, 0.3) is 5.91 Å². The summed E-state index contributed by atoms with van der Waals surface area (Å²) in [5, 5.41) is 2.33. The maximum absolute atomic E-state index is 13.0. The molecule has 0 aliphatic carbocycles. The summed E-state index contributed by atoms with van der Waals surface area (Å²) in [5.74, 6) is 0.423. The molecule has 0 radical (unpaired) electrons. The van der Waals surface area contributed by atoms with Gasteiger partial charge in [0.15, 0.2) is 4.80 Å². The van der Waals surface area contributed by atoms with Gasteiger partial charge < -0.3 is 14.0 Å². The average Bonchev–Trinajstić information content (AvgIpc) is 3.15. The van der Waals surface area contributed by atoms with E-state index in [1.807, 2.05) is 24.3 Å². The summed E-state index contributed by atoms with van der Waals surface area (Å²) in [4.78, 5) is 18.2. The zero-order valence-corrected chi connectivity index (χ0v) is 18.7. The molecular weight excluding hydrogens is 408 g/mol. The number of methoxy groups -OCH3 is 1. The Hall–Kier alpha value is -2.96. The van der Waals surface area contributed by atoms with E-state index >= 15 is 0 Å². The quantitative estimate of drug-likeness (QED) is 0.348. The lowest BCUT2D eigenvalue weighted by atomic mass is 10.1. The average molecular weight is 435 g/mol. The maximum Gasteiger partial charge on any atom is 0.279 e. The summed E-state index contributed by atoms with van der Waals surface area (Å²) in [5.41, 5.74) is 1.58. The number of thiazole rings is 1. The maximum atomic E-state index is 13.0. The summed E-state index contributed by atoms with van der Waals surface area (Å²) in [7, 11) is 1.68. The number of hydrogen-bond donors (Lipinski definition) is 0. The van der Waals surface area contributed by atoms with E-state index in [1.54, 1.807) is 19.2 Å². The summed E-state index contributed by atoms with van der Waals surface area (Å²) in [6, 6.07) is 19.7. The molecule has 0 bridgehead atoms. The number of aromatic nitrogens is 1. The van der Waals surface area contributed by atoms with Gasteiger partial charge >= 0.3 is 0 Å². The third kappa shape index (κ3) is 4.70. The van der Waals surface area contributed by atoms with Gasteiger partial charge in [0.2, 0.25) is 0 Å². The third-order valence-electron chi connectivity index (χ3n) is 5.14. The van der Waals surface area contributed by atoms with Crippen molar-refractivity contribution in [3.05, 3.63) is 71.0 Å². The van der Waals surface area contributed by atoms with Gasteiger partial charge in [0.05, 0.1) is 23.4 Å². The molecule has 3 aromatic carbocycles. The molecule has 1 heterocycles. The molecule has 1 aromatic heterocycles. The molecule has 0 atom stereocenters. The summed E-state index contributed by atoms with van der Waals surface area (Å²) >= 11 is 1.54. The van der Waals surface area contributed by atoms with Crippen LogP contribution in [0, 0.1) is 0 Å². The molecule has 160 valence electrons. The Morgan fingerprint density at radius 2 is 1.94 bits per heavy atom. The number of nitrogens with zero attached hydrogens (tertiary/aromatic N) is 2. The van der Waals surface area contributed by atoms with E-state index in [0.717, 1.165) is 28.4 Å². The third-order valence-corrected chi connectivity index (χ3v) is 6.27. The first-order valence-corrected chi connectivity index (χ1v) is 11.3. The number of carbonyl (C=O) groups excluding carboxylic acids is 1. The highest BCUT2D eigenvalue weighted by molar-refractivity contribution is 7.17. The number of hydrogen-bond acceptors (Lipinski definition) is 4. The minimum Gasteiger partial charge on any atom is -0.494 e. The molecule has 0 aliphatic rings. The van der Waals surface area contributed by atoms with Gasteiger partial charge in [-0.05, 0) is 36.1 Å². The van der Waals surface area contributed by atoms with Gasteiger partial charge in [-0.25, -0.2) is 0 Å². The van der Waals surface area contributed by atoms with Crippen LogP contribution in [-0.2, 0) is 11.3 Å². The normalized spacial score (nSPS) is 12.0. The van der Waals surface area contributed by atoms with Gasteiger partial charge in [0, 0.05) is 24.6 Å². The van der Waals surface area contributed by atoms with Crippen LogP contribution in [0.3, 0.4) is 0 Å². The van der Waals surface area contributed by atoms with Crippen LogP contribution >= 0.6 is 11.3 Å². The van der Waals surface area contributed by atoms with E-state index in [0.29, 0.717) is 35.9 Å². The Kier molecular flexibility index (Phi) is 6.79. The highest BCUT2D eigenvalue weighted by atomic mass is 32.1. The van der Waals surface area contributed by atoms with Gasteiger partial charge in [0.1, 0.15) is 5.75 Å². The molecule has 0 aliphatic heterocycles. The molecule has 1 amide bonds. The number of amides is 1. The fourth-order valence-electron chi connectivity index (χ4n) is 3.49. The second-order valence-corrected chi connectivity index (χ2v) is 8.29. The smallest absolute Gasteiger partial charge is 0.279 e. The van der Waals surface area contributed by atoms with Crippen LogP contribution < -0.4 is 9.54 Å². The number of carbonyl (C=O) groups is 1. The second kappa shape index (κ2) is 9.90. The molecule has 5 nitrogen and oxygen atoms in total. The summed E-state index contributed by atoms with van der Waals surface area (Å²) < 4.78 is 14.2. The zero-order chi connectivity index (χ0) is 21.6. The molecular formula is C25H26N2O3S. The van der Waals surface area contributed by atoms with Crippen molar-refractivity contribution in [3.8, 4) is 5.75 Å². The first-order chi connectivity index (χ1) is 15.2. The predicted molar refractivity (Wildman–Crippen MR) is 126 cm³/mol. The Bertz CT molecular complexity index is 1270. The number of rotatable bonds is 8. The fraction of sp³-hybridized carbons (Fsp3) is 0.280. The minimum atomic E-state index is -0.275. The molecule has 4 rings (SSSR count). The molecule has 0 saturated heterocycles. The molecule has 31 heavy (non-hydrogen) atoms. The van der Waals surface area contributed by atoms with Gasteiger partial charge in [-0.3, -0.25) is 4.79 Å². The van der Waals surface area contributed by atoms with Crippen LogP contribution in [0.2, 0.25) is 0 Å². The minimum absolute atomic E-state index is 0.275. The van der Waals surface area contributed by atoms with E-state index in [1.165, 1.54) is 16.7 Å². The van der Waals surface area contributed by atoms with Crippen molar-refractivity contribution in [2.45, 2.75) is 26.3 Å². The number of benzene rings is 3. The molecule has 0 N–H and O–H groups in total. The summed E-state index contributed by atoms with van der Waals surface area (Å²) in [6.07, 6.45) is 2.05. The van der Waals surface area contributed by atoms with Gasteiger partial charge in [-0.1, -0.05) is 61.1 Å². The molecule has 4 aromatic rings. The monoisotopic (exact) mass is 434 g/mol. The van der Waals surface area contributed by atoms with E-state index in [4.69, 9.17) is 9.47 Å². The predicted octanol–water partition coefficient (Wildman–Crippen LogP) is 5.42. The standard InChI is InChI=1S/C25H26N2O3S/c1-3-4-15-30-20-10-7-9-19(17-20)24(28)26-25-27(14-16-29-2)22-13-12-18-8-5-6-11-21(18)23(22)31-25/h5-13,17H,3-4,14-16H2,1-2H3. The number of unbranched alkanes of at least 4 members (excludes halogenated alkanes) is 1. The highest BCUT2D eigenvalue weighted by Gasteiger charge is 2.12.